The number of ether oxygens (including phenoxy) is 12. The molecule has 0 saturated carbocycles. The number of benzene rings is 6. The van der Waals surface area contributed by atoms with Crippen LogP contribution in [0.4, 0.5) is 0 Å². The summed E-state index contributed by atoms with van der Waals surface area (Å²) in [6, 6.07) is 60.0. The fourth-order valence-corrected chi connectivity index (χ4v) is 8.75. The molecule has 74 heavy (non-hydrogen) atoms. The summed E-state index contributed by atoms with van der Waals surface area (Å²) < 4.78 is 77.2. The second kappa shape index (κ2) is 30.4. The third-order valence-corrected chi connectivity index (χ3v) is 12.5. The van der Waals surface area contributed by atoms with E-state index in [1.807, 2.05) is 182 Å². The first-order chi connectivity index (χ1) is 36.6. The highest BCUT2D eigenvalue weighted by atomic mass is 16.7. The van der Waals surface area contributed by atoms with E-state index in [1.165, 1.54) is 0 Å². The van der Waals surface area contributed by atoms with Crippen molar-refractivity contribution in [3.8, 4) is 23.7 Å². The van der Waals surface area contributed by atoms with Gasteiger partial charge in [-0.15, -0.1) is 0 Å². The zero-order valence-corrected chi connectivity index (χ0v) is 42.1. The Bertz CT molecular complexity index is 2410. The number of hydrogen-bond acceptors (Lipinski definition) is 12. The molecule has 8 rings (SSSR count). The molecule has 0 N–H and O–H groups in total. The molecule has 10 atom stereocenters. The molecule has 2 aliphatic rings. The molecule has 0 amide bonds. The van der Waals surface area contributed by atoms with Gasteiger partial charge in [0, 0.05) is 14.2 Å². The van der Waals surface area contributed by atoms with Crippen molar-refractivity contribution < 1.29 is 56.8 Å². The average molecular weight is 1000 g/mol. The number of hydrogen-bond donors (Lipinski definition) is 0. The lowest BCUT2D eigenvalue weighted by atomic mass is 9.98. The van der Waals surface area contributed by atoms with Gasteiger partial charge in [0.25, 0.3) is 0 Å². The minimum Gasteiger partial charge on any atom is -0.368 e. The molecule has 12 nitrogen and oxygen atoms in total. The molecule has 0 unspecified atom stereocenters. The van der Waals surface area contributed by atoms with Crippen LogP contribution in [-0.2, 0) is 96.5 Å². The fourth-order valence-electron chi connectivity index (χ4n) is 8.75. The lowest BCUT2D eigenvalue weighted by molar-refractivity contribution is -0.322. The van der Waals surface area contributed by atoms with Crippen molar-refractivity contribution in [3.63, 3.8) is 0 Å². The predicted molar refractivity (Wildman–Crippen MR) is 279 cm³/mol. The monoisotopic (exact) mass is 1000 g/mol. The molecule has 0 aromatic heterocycles. The van der Waals surface area contributed by atoms with Gasteiger partial charge in [0.1, 0.15) is 62.0 Å². The van der Waals surface area contributed by atoms with E-state index in [9.17, 15) is 0 Å². The minimum absolute atomic E-state index is 0.0918. The lowest BCUT2D eigenvalue weighted by Crippen LogP contribution is -2.61. The normalized spacial score (nSPS) is 23.5. The molecule has 0 spiro atoms. The van der Waals surface area contributed by atoms with Crippen LogP contribution < -0.4 is 0 Å². The van der Waals surface area contributed by atoms with Crippen molar-refractivity contribution in [1.29, 1.82) is 0 Å². The molecule has 2 saturated heterocycles. The van der Waals surface area contributed by atoms with Crippen molar-refractivity contribution in [2.45, 2.75) is 101 Å². The van der Waals surface area contributed by atoms with Crippen molar-refractivity contribution in [2.75, 3.05) is 40.6 Å². The Morgan fingerprint density at radius 1 is 0.324 bits per heavy atom. The third-order valence-electron chi connectivity index (χ3n) is 12.5. The molecule has 2 aliphatic heterocycles. The van der Waals surface area contributed by atoms with E-state index >= 15 is 0 Å². The summed E-state index contributed by atoms with van der Waals surface area (Å²) in [5, 5.41) is 0. The molecule has 6 aromatic rings. The summed E-state index contributed by atoms with van der Waals surface area (Å²) in [6.07, 6.45) is -6.31. The van der Waals surface area contributed by atoms with Crippen LogP contribution in [0.2, 0.25) is 0 Å². The Balaban J connectivity index is 0.904. The summed E-state index contributed by atoms with van der Waals surface area (Å²) in [5.74, 6) is 11.8. The third kappa shape index (κ3) is 16.7. The van der Waals surface area contributed by atoms with E-state index in [-0.39, 0.29) is 26.4 Å². The molecular formula is C62H66O12. The van der Waals surface area contributed by atoms with E-state index < -0.39 is 61.4 Å². The Morgan fingerprint density at radius 3 is 0.824 bits per heavy atom. The van der Waals surface area contributed by atoms with Gasteiger partial charge in [-0.1, -0.05) is 194 Å². The molecule has 2 heterocycles. The summed E-state index contributed by atoms with van der Waals surface area (Å²) in [7, 11) is 3.20. The Morgan fingerprint density at radius 2 is 0.568 bits per heavy atom. The van der Waals surface area contributed by atoms with E-state index in [0.29, 0.717) is 39.6 Å². The van der Waals surface area contributed by atoms with Gasteiger partial charge in [0.2, 0.25) is 0 Å². The van der Waals surface area contributed by atoms with Crippen LogP contribution in [0.3, 0.4) is 0 Å². The van der Waals surface area contributed by atoms with Gasteiger partial charge < -0.3 is 56.8 Å². The standard InChI is InChI=1S/C62H66O12/c1-63-61-59(71-43-51-33-19-9-20-34-51)57(69-41-49-29-15-7-16-30-49)55(67-39-47-25-11-5-12-26-47)53(73-61)45-65-37-23-3-4-24-38-66-46-54-56(68-40-48-27-13-6-14-28-48)58(70-42-50-31-17-8-18-32-50)60(62(64-2)74-54)72-44-52-35-21-10-22-36-52/h5-22,25-36,53-62H,37-46H2,1-2H3/t53-,54-,55-,56-,57+,58+,59-,60-,61+,62+/m1/s1. The van der Waals surface area contributed by atoms with Gasteiger partial charge in [0.15, 0.2) is 12.6 Å². The first-order valence-electron chi connectivity index (χ1n) is 25.1. The minimum atomic E-state index is -0.770. The smallest absolute Gasteiger partial charge is 0.186 e. The van der Waals surface area contributed by atoms with Gasteiger partial charge in [-0.05, 0) is 45.2 Å². The van der Waals surface area contributed by atoms with Gasteiger partial charge in [0.05, 0.1) is 52.9 Å². The van der Waals surface area contributed by atoms with Crippen LogP contribution in [0, 0.1) is 23.7 Å². The van der Waals surface area contributed by atoms with E-state index in [0.717, 1.165) is 33.4 Å². The molecule has 0 aliphatic carbocycles. The summed E-state index contributed by atoms with van der Waals surface area (Å²) >= 11 is 0. The van der Waals surface area contributed by atoms with Crippen LogP contribution in [0.5, 0.6) is 0 Å². The quantitative estimate of drug-likeness (QED) is 0.0382. The van der Waals surface area contributed by atoms with Gasteiger partial charge >= 0.3 is 0 Å². The topological polar surface area (TPSA) is 111 Å². The second-order valence-corrected chi connectivity index (χ2v) is 17.8. The highest BCUT2D eigenvalue weighted by Gasteiger charge is 2.50. The highest BCUT2D eigenvalue weighted by Crippen LogP contribution is 2.33. The zero-order valence-electron chi connectivity index (χ0n) is 42.1. The SMILES string of the molecule is CO[C@H]1O[C@H](COCC#CC#CCOC[C@H]2O[C@H](OC)[C@H](OCc3ccccc3)[C@@H](OCc3ccccc3)[C@@H]2OCc2ccccc2)[C@@H](OCc2ccccc2)[C@H](OCc2ccccc2)[C@H]1OCc1ccccc1. The first kappa shape index (κ1) is 54.2. The van der Waals surface area contributed by atoms with Crippen LogP contribution in [0.15, 0.2) is 182 Å². The van der Waals surface area contributed by atoms with Crippen molar-refractivity contribution in [3.05, 3.63) is 215 Å². The molecule has 2 fully saturated rings. The second-order valence-electron chi connectivity index (χ2n) is 17.8. The molecule has 0 radical (unpaired) electrons. The Kier molecular flexibility index (Phi) is 22.2. The summed E-state index contributed by atoms with van der Waals surface area (Å²) in [5.41, 5.74) is 6.07. The highest BCUT2D eigenvalue weighted by molar-refractivity contribution is 5.26. The fraction of sp³-hybridized carbons (Fsp3) is 0.355. The summed E-state index contributed by atoms with van der Waals surface area (Å²) in [6.45, 7) is 2.45. The van der Waals surface area contributed by atoms with Gasteiger partial charge in [-0.3, -0.25) is 0 Å². The largest absolute Gasteiger partial charge is 0.368 e. The maximum absolute atomic E-state index is 6.72. The lowest BCUT2D eigenvalue weighted by Gasteiger charge is -2.45. The van der Waals surface area contributed by atoms with Crippen molar-refractivity contribution >= 4 is 0 Å². The Labute approximate surface area is 436 Å². The summed E-state index contributed by atoms with van der Waals surface area (Å²) in [4.78, 5) is 0. The van der Waals surface area contributed by atoms with Crippen LogP contribution in [-0.4, -0.2) is 102 Å². The van der Waals surface area contributed by atoms with E-state index in [4.69, 9.17) is 56.8 Å². The van der Waals surface area contributed by atoms with Crippen LogP contribution in [0.1, 0.15) is 33.4 Å². The van der Waals surface area contributed by atoms with Crippen molar-refractivity contribution in [1.82, 2.24) is 0 Å². The molecule has 0 bridgehead atoms. The molecule has 386 valence electrons. The molecule has 12 heteroatoms. The maximum atomic E-state index is 6.72. The molecular weight excluding hydrogens is 937 g/mol. The predicted octanol–water partition coefficient (Wildman–Crippen LogP) is 9.28. The number of methoxy groups -OCH3 is 2. The Hall–Kier alpha value is -6.04. The first-order valence-corrected chi connectivity index (χ1v) is 25.1. The average Bonchev–Trinajstić information content (AvgIpc) is 3.46. The molecule has 6 aromatic carbocycles. The number of rotatable bonds is 26. The van der Waals surface area contributed by atoms with Gasteiger partial charge in [-0.2, -0.15) is 0 Å². The van der Waals surface area contributed by atoms with E-state index in [2.05, 4.69) is 23.7 Å². The van der Waals surface area contributed by atoms with Crippen molar-refractivity contribution in [2.24, 2.45) is 0 Å². The maximum Gasteiger partial charge on any atom is 0.186 e. The van der Waals surface area contributed by atoms with Gasteiger partial charge in [-0.25, -0.2) is 0 Å². The zero-order chi connectivity index (χ0) is 50.8. The van der Waals surface area contributed by atoms with Crippen LogP contribution >= 0.6 is 0 Å². The van der Waals surface area contributed by atoms with E-state index in [1.54, 1.807) is 14.2 Å². The van der Waals surface area contributed by atoms with Crippen LogP contribution in [0.25, 0.3) is 0 Å².